The van der Waals surface area contributed by atoms with Gasteiger partial charge in [-0.05, 0) is 0 Å². The van der Waals surface area contributed by atoms with Crippen LogP contribution in [0.5, 0.6) is 11.5 Å². The quantitative estimate of drug-likeness (QED) is 0.781. The van der Waals surface area contributed by atoms with E-state index in [0.29, 0.717) is 28.6 Å². The maximum Gasteiger partial charge on any atom is 0.211 e. The topological polar surface area (TPSA) is 47.6 Å². The van der Waals surface area contributed by atoms with Gasteiger partial charge in [-0.25, -0.2) is 0 Å². The van der Waals surface area contributed by atoms with Crippen molar-refractivity contribution in [3.05, 3.63) is 17.2 Å². The number of halogens is 1. The number of anilines is 1. The molecule has 0 fully saturated rings. The van der Waals surface area contributed by atoms with Crippen molar-refractivity contribution in [3.63, 3.8) is 0 Å². The van der Waals surface area contributed by atoms with Crippen LogP contribution in [-0.2, 0) is 4.79 Å². The number of carbonyl (C=O) groups excluding carboxylic acids is 1. The zero-order valence-corrected chi connectivity index (χ0v) is 8.59. The van der Waals surface area contributed by atoms with E-state index in [1.807, 2.05) is 0 Å². The van der Waals surface area contributed by atoms with E-state index < -0.39 is 0 Å². The monoisotopic (exact) mass is 215 g/mol. The first-order valence-electron chi connectivity index (χ1n) is 3.84. The molecular formula is C9H10ClNO3. The molecule has 0 heterocycles. The molecule has 14 heavy (non-hydrogen) atoms. The van der Waals surface area contributed by atoms with Crippen molar-refractivity contribution in [1.29, 1.82) is 0 Å². The van der Waals surface area contributed by atoms with Crippen molar-refractivity contribution in [2.75, 3.05) is 19.5 Å². The summed E-state index contributed by atoms with van der Waals surface area (Å²) in [6.45, 7) is 0. The summed E-state index contributed by atoms with van der Waals surface area (Å²) < 4.78 is 10.1. The van der Waals surface area contributed by atoms with Crippen LogP contribution in [0.15, 0.2) is 12.1 Å². The smallest absolute Gasteiger partial charge is 0.211 e. The number of hydrogen-bond acceptors (Lipinski definition) is 3. The molecule has 0 saturated heterocycles. The van der Waals surface area contributed by atoms with Gasteiger partial charge >= 0.3 is 0 Å². The zero-order chi connectivity index (χ0) is 10.6. The maximum atomic E-state index is 10.2. The van der Waals surface area contributed by atoms with Gasteiger partial charge in [-0.2, -0.15) is 0 Å². The number of carbonyl (C=O) groups is 1. The lowest BCUT2D eigenvalue weighted by Crippen LogP contribution is -1.97. The Morgan fingerprint density at radius 3 is 2.36 bits per heavy atom. The van der Waals surface area contributed by atoms with Gasteiger partial charge < -0.3 is 14.8 Å². The molecule has 1 aromatic rings. The van der Waals surface area contributed by atoms with Gasteiger partial charge in [0.2, 0.25) is 6.41 Å². The molecule has 0 aliphatic heterocycles. The van der Waals surface area contributed by atoms with Gasteiger partial charge in [0, 0.05) is 12.1 Å². The van der Waals surface area contributed by atoms with Crippen molar-refractivity contribution in [1.82, 2.24) is 0 Å². The maximum absolute atomic E-state index is 10.2. The summed E-state index contributed by atoms with van der Waals surface area (Å²) in [7, 11) is 3.03. The Hall–Kier alpha value is -1.42. The summed E-state index contributed by atoms with van der Waals surface area (Å²) in [5.41, 5.74) is 0.485. The zero-order valence-electron chi connectivity index (χ0n) is 7.83. The van der Waals surface area contributed by atoms with E-state index in [1.165, 1.54) is 14.2 Å². The molecule has 0 unspecified atom stereocenters. The molecule has 0 radical (unpaired) electrons. The molecule has 0 aliphatic carbocycles. The highest BCUT2D eigenvalue weighted by molar-refractivity contribution is 6.33. The molecule has 0 aromatic heterocycles. The largest absolute Gasteiger partial charge is 0.493 e. The first kappa shape index (κ1) is 10.7. The predicted octanol–water partition coefficient (Wildman–Crippen LogP) is 1.93. The summed E-state index contributed by atoms with van der Waals surface area (Å²) in [4.78, 5) is 10.2. The second kappa shape index (κ2) is 4.72. The lowest BCUT2D eigenvalue weighted by Gasteiger charge is -2.10. The number of ether oxygens (including phenoxy) is 2. The van der Waals surface area contributed by atoms with Gasteiger partial charge in [0.15, 0.2) is 11.5 Å². The number of amides is 1. The number of benzene rings is 1. The molecule has 1 rings (SSSR count). The standard InChI is InChI=1S/C9H10ClNO3/c1-13-8-3-6(10)7(11-5-12)4-9(8)14-2/h3-5H,1-2H3,(H,11,12). The van der Waals surface area contributed by atoms with Crippen molar-refractivity contribution in [2.24, 2.45) is 0 Å². The minimum Gasteiger partial charge on any atom is -0.493 e. The number of nitrogens with one attached hydrogen (secondary N) is 1. The van der Waals surface area contributed by atoms with Crippen molar-refractivity contribution < 1.29 is 14.3 Å². The van der Waals surface area contributed by atoms with E-state index in [0.717, 1.165) is 0 Å². The van der Waals surface area contributed by atoms with Crippen LogP contribution in [0, 0.1) is 0 Å². The number of methoxy groups -OCH3 is 2. The first-order chi connectivity index (χ1) is 6.72. The molecule has 5 heteroatoms. The van der Waals surface area contributed by atoms with E-state index >= 15 is 0 Å². The summed E-state index contributed by atoms with van der Waals surface area (Å²) in [5, 5.41) is 2.85. The van der Waals surface area contributed by atoms with Crippen molar-refractivity contribution >= 4 is 23.7 Å². The Bertz CT molecular complexity index is 341. The van der Waals surface area contributed by atoms with Crippen LogP contribution in [-0.4, -0.2) is 20.6 Å². The molecule has 1 amide bonds. The minimum absolute atomic E-state index is 0.398. The van der Waals surface area contributed by atoms with Gasteiger partial charge in [-0.1, -0.05) is 11.6 Å². The van der Waals surface area contributed by atoms with Crippen LogP contribution in [0.1, 0.15) is 0 Å². The van der Waals surface area contributed by atoms with Gasteiger partial charge in [0.05, 0.1) is 24.9 Å². The summed E-state index contributed by atoms with van der Waals surface area (Å²) in [6.07, 6.45) is 0.549. The average Bonchev–Trinajstić information content (AvgIpc) is 2.20. The molecule has 0 saturated carbocycles. The summed E-state index contributed by atoms with van der Waals surface area (Å²) in [6, 6.07) is 3.17. The highest BCUT2D eigenvalue weighted by Crippen LogP contribution is 2.35. The molecule has 76 valence electrons. The Kier molecular flexibility index (Phi) is 3.59. The Morgan fingerprint density at radius 1 is 1.29 bits per heavy atom. The van der Waals surface area contributed by atoms with Crippen LogP contribution in [0.2, 0.25) is 5.02 Å². The lowest BCUT2D eigenvalue weighted by atomic mass is 10.2. The molecule has 4 nitrogen and oxygen atoms in total. The first-order valence-corrected chi connectivity index (χ1v) is 4.22. The van der Waals surface area contributed by atoms with Gasteiger partial charge in [0.25, 0.3) is 0 Å². The molecule has 0 spiro atoms. The normalized spacial score (nSPS) is 9.36. The number of hydrogen-bond donors (Lipinski definition) is 1. The molecule has 1 aromatic carbocycles. The van der Waals surface area contributed by atoms with E-state index in [-0.39, 0.29) is 0 Å². The van der Waals surface area contributed by atoms with Crippen LogP contribution >= 0.6 is 11.6 Å². The van der Waals surface area contributed by atoms with Gasteiger partial charge in [-0.15, -0.1) is 0 Å². The van der Waals surface area contributed by atoms with E-state index in [1.54, 1.807) is 12.1 Å². The average molecular weight is 216 g/mol. The fourth-order valence-electron chi connectivity index (χ4n) is 1.03. The van der Waals surface area contributed by atoms with Crippen LogP contribution in [0.4, 0.5) is 5.69 Å². The van der Waals surface area contributed by atoms with Crippen molar-refractivity contribution in [3.8, 4) is 11.5 Å². The molecule has 0 bridgehead atoms. The fourth-order valence-corrected chi connectivity index (χ4v) is 1.24. The highest BCUT2D eigenvalue weighted by Gasteiger charge is 2.08. The summed E-state index contributed by atoms with van der Waals surface area (Å²) in [5.74, 6) is 1.04. The second-order valence-corrected chi connectivity index (χ2v) is 2.86. The minimum atomic E-state index is 0.398. The molecule has 1 N–H and O–H groups in total. The van der Waals surface area contributed by atoms with Gasteiger partial charge in [-0.3, -0.25) is 4.79 Å². The second-order valence-electron chi connectivity index (χ2n) is 2.45. The highest BCUT2D eigenvalue weighted by atomic mass is 35.5. The Balaban J connectivity index is 3.15. The van der Waals surface area contributed by atoms with Crippen molar-refractivity contribution in [2.45, 2.75) is 0 Å². The number of rotatable bonds is 4. The Morgan fingerprint density at radius 2 is 1.86 bits per heavy atom. The summed E-state index contributed by atoms with van der Waals surface area (Å²) >= 11 is 5.86. The van der Waals surface area contributed by atoms with Gasteiger partial charge in [0.1, 0.15) is 0 Å². The molecule has 0 atom stereocenters. The third kappa shape index (κ3) is 2.09. The van der Waals surface area contributed by atoms with Crippen LogP contribution in [0.25, 0.3) is 0 Å². The van der Waals surface area contributed by atoms with E-state index in [2.05, 4.69) is 5.32 Å². The third-order valence-electron chi connectivity index (χ3n) is 1.69. The SMILES string of the molecule is COc1cc(Cl)c(NC=O)cc1OC. The Labute approximate surface area is 86.8 Å². The predicted molar refractivity (Wildman–Crippen MR) is 54.2 cm³/mol. The fraction of sp³-hybridized carbons (Fsp3) is 0.222. The van der Waals surface area contributed by atoms with Crippen LogP contribution in [0.3, 0.4) is 0 Å². The van der Waals surface area contributed by atoms with E-state index in [9.17, 15) is 4.79 Å². The molecular weight excluding hydrogens is 206 g/mol. The molecule has 0 aliphatic rings. The van der Waals surface area contributed by atoms with Crippen LogP contribution < -0.4 is 14.8 Å². The lowest BCUT2D eigenvalue weighted by molar-refractivity contribution is -0.105. The third-order valence-corrected chi connectivity index (χ3v) is 2.00. The van der Waals surface area contributed by atoms with E-state index in [4.69, 9.17) is 21.1 Å².